The molecule has 6 heteroatoms. The Labute approximate surface area is 156 Å². The van der Waals surface area contributed by atoms with Crippen molar-refractivity contribution in [2.24, 2.45) is 0 Å². The summed E-state index contributed by atoms with van der Waals surface area (Å²) in [6, 6.07) is 11.7. The molecule has 2 aromatic rings. The molecule has 1 N–H and O–H groups in total. The number of ether oxygens (including phenoxy) is 1. The lowest BCUT2D eigenvalue weighted by molar-refractivity contribution is -0.117. The van der Waals surface area contributed by atoms with Gasteiger partial charge in [-0.1, -0.05) is 29.8 Å². The predicted molar refractivity (Wildman–Crippen MR) is 99.3 cm³/mol. The summed E-state index contributed by atoms with van der Waals surface area (Å²) in [5.41, 5.74) is 0.983. The molecule has 0 spiro atoms. The third-order valence-electron chi connectivity index (χ3n) is 3.91. The maximum absolute atomic E-state index is 14.2. The first-order valence-corrected chi connectivity index (χ1v) is 8.26. The van der Waals surface area contributed by atoms with Gasteiger partial charge in [-0.05, 0) is 49.2 Å². The number of benzene rings is 2. The molecular weight excluding hydrogens is 355 g/mol. The van der Waals surface area contributed by atoms with Crippen molar-refractivity contribution in [2.75, 3.05) is 7.11 Å². The number of amides is 1. The number of halogens is 2. The quantitative estimate of drug-likeness (QED) is 0.617. The zero-order valence-corrected chi connectivity index (χ0v) is 15.4. The van der Waals surface area contributed by atoms with E-state index in [4.69, 9.17) is 16.3 Å². The maximum Gasteiger partial charge on any atom is 0.262 e. The first kappa shape index (κ1) is 19.5. The monoisotopic (exact) mass is 372 g/mol. The van der Waals surface area contributed by atoms with Gasteiger partial charge in [-0.15, -0.1) is 0 Å². The zero-order valence-electron chi connectivity index (χ0n) is 14.6. The lowest BCUT2D eigenvalue weighted by Crippen LogP contribution is -2.27. The van der Waals surface area contributed by atoms with Gasteiger partial charge in [0.25, 0.3) is 5.91 Å². The van der Waals surface area contributed by atoms with Crippen LogP contribution in [0.3, 0.4) is 0 Å². The average Bonchev–Trinajstić information content (AvgIpc) is 2.65. The van der Waals surface area contributed by atoms with Crippen LogP contribution in [0.25, 0.3) is 6.08 Å². The van der Waals surface area contributed by atoms with Crippen LogP contribution in [0.4, 0.5) is 4.39 Å². The maximum atomic E-state index is 14.2. The molecule has 0 aliphatic carbocycles. The molecule has 1 amide bonds. The van der Waals surface area contributed by atoms with Crippen LogP contribution in [-0.4, -0.2) is 13.0 Å². The number of aryl methyl sites for hydroxylation is 1. The Morgan fingerprint density at radius 3 is 2.77 bits per heavy atom. The summed E-state index contributed by atoms with van der Waals surface area (Å²) in [6.07, 6.45) is 1.16. The van der Waals surface area contributed by atoms with Gasteiger partial charge in [0.05, 0.1) is 18.2 Å². The lowest BCUT2D eigenvalue weighted by atomic mass is 10.1. The average molecular weight is 373 g/mol. The zero-order chi connectivity index (χ0) is 19.3. The Bertz CT molecular complexity index is 903. The van der Waals surface area contributed by atoms with E-state index in [-0.39, 0.29) is 22.2 Å². The summed E-state index contributed by atoms with van der Waals surface area (Å²) in [5.74, 6) is -0.507. The van der Waals surface area contributed by atoms with Gasteiger partial charge in [0.2, 0.25) is 0 Å². The Hall–Kier alpha value is -2.84. The van der Waals surface area contributed by atoms with E-state index >= 15 is 0 Å². The summed E-state index contributed by atoms with van der Waals surface area (Å²) >= 11 is 6.00. The topological polar surface area (TPSA) is 62.1 Å². The van der Waals surface area contributed by atoms with Crippen molar-refractivity contribution in [3.05, 3.63) is 69.5 Å². The van der Waals surface area contributed by atoms with E-state index in [1.54, 1.807) is 45.2 Å². The minimum atomic E-state index is -0.611. The molecule has 0 heterocycles. The number of nitrogens with one attached hydrogen (secondary N) is 1. The van der Waals surface area contributed by atoms with E-state index < -0.39 is 11.7 Å². The van der Waals surface area contributed by atoms with Crippen molar-refractivity contribution in [3.63, 3.8) is 0 Å². The summed E-state index contributed by atoms with van der Waals surface area (Å²) in [6.45, 7) is 3.36. The van der Waals surface area contributed by atoms with Crippen LogP contribution in [0.15, 0.2) is 42.0 Å². The van der Waals surface area contributed by atoms with Crippen molar-refractivity contribution < 1.29 is 13.9 Å². The van der Waals surface area contributed by atoms with Crippen molar-refractivity contribution in [1.29, 1.82) is 5.26 Å². The van der Waals surface area contributed by atoms with Gasteiger partial charge < -0.3 is 10.1 Å². The summed E-state index contributed by atoms with van der Waals surface area (Å²) in [4.78, 5) is 12.4. The van der Waals surface area contributed by atoms with Crippen LogP contribution >= 0.6 is 11.6 Å². The Balaban J connectivity index is 2.27. The van der Waals surface area contributed by atoms with Crippen molar-refractivity contribution >= 4 is 23.6 Å². The first-order valence-electron chi connectivity index (χ1n) is 7.88. The van der Waals surface area contributed by atoms with E-state index in [2.05, 4.69) is 5.32 Å². The van der Waals surface area contributed by atoms with Crippen LogP contribution in [-0.2, 0) is 4.79 Å². The van der Waals surface area contributed by atoms with Crippen molar-refractivity contribution in [2.45, 2.75) is 19.9 Å². The van der Waals surface area contributed by atoms with Gasteiger partial charge in [0.15, 0.2) is 0 Å². The fourth-order valence-electron chi connectivity index (χ4n) is 2.37. The fourth-order valence-corrected chi connectivity index (χ4v) is 2.57. The van der Waals surface area contributed by atoms with Gasteiger partial charge in [-0.3, -0.25) is 4.79 Å². The molecule has 2 rings (SSSR count). The molecule has 0 aromatic heterocycles. The number of hydrogen-bond donors (Lipinski definition) is 1. The molecule has 0 bridgehead atoms. The molecule has 134 valence electrons. The second-order valence-electron chi connectivity index (χ2n) is 5.73. The first-order chi connectivity index (χ1) is 12.4. The predicted octanol–water partition coefficient (Wildman–Crippen LogP) is 4.58. The largest absolute Gasteiger partial charge is 0.497 e. The highest BCUT2D eigenvalue weighted by molar-refractivity contribution is 6.32. The molecule has 0 radical (unpaired) electrons. The van der Waals surface area contributed by atoms with Crippen LogP contribution in [0.2, 0.25) is 5.02 Å². The number of carbonyl (C=O) groups excluding carboxylic acids is 1. The van der Waals surface area contributed by atoms with E-state index in [1.807, 2.05) is 6.07 Å². The summed E-state index contributed by atoms with van der Waals surface area (Å²) < 4.78 is 19.4. The molecule has 0 aliphatic rings. The van der Waals surface area contributed by atoms with Crippen molar-refractivity contribution in [1.82, 2.24) is 5.32 Å². The Kier molecular flexibility index (Phi) is 6.37. The van der Waals surface area contributed by atoms with Gasteiger partial charge >= 0.3 is 0 Å². The number of nitriles is 1. The molecule has 0 fully saturated rings. The molecule has 26 heavy (non-hydrogen) atoms. The summed E-state index contributed by atoms with van der Waals surface area (Å²) in [5, 5.41) is 12.2. The molecule has 1 atom stereocenters. The van der Waals surface area contributed by atoms with Gasteiger partial charge in [0, 0.05) is 5.56 Å². The normalized spacial score (nSPS) is 12.2. The molecular formula is C20H18ClFN2O2. The lowest BCUT2D eigenvalue weighted by Gasteiger charge is -2.15. The third-order valence-corrected chi connectivity index (χ3v) is 4.24. The number of rotatable bonds is 5. The molecule has 0 unspecified atom stereocenters. The highest BCUT2D eigenvalue weighted by Gasteiger charge is 2.16. The highest BCUT2D eigenvalue weighted by atomic mass is 35.5. The standard InChI is InChI=1S/C20H18ClFN2O2/c1-12-7-8-18(21)17(19(12)22)10-15(11-23)20(25)24-13(2)14-5-4-6-16(9-14)26-3/h4-10,13H,1-3H3,(H,24,25)/b15-10+/t13-/m0/s1. The minimum absolute atomic E-state index is 0.0207. The van der Waals surface area contributed by atoms with Crippen LogP contribution in [0, 0.1) is 24.1 Å². The number of hydrogen-bond acceptors (Lipinski definition) is 3. The van der Waals surface area contributed by atoms with Crippen LogP contribution < -0.4 is 10.1 Å². The number of nitrogens with zero attached hydrogens (tertiary/aromatic N) is 1. The highest BCUT2D eigenvalue weighted by Crippen LogP contribution is 2.25. The Morgan fingerprint density at radius 2 is 2.12 bits per heavy atom. The molecule has 0 saturated heterocycles. The van der Waals surface area contributed by atoms with E-state index in [0.29, 0.717) is 11.3 Å². The summed E-state index contributed by atoms with van der Waals surface area (Å²) in [7, 11) is 1.55. The molecule has 4 nitrogen and oxygen atoms in total. The number of methoxy groups -OCH3 is 1. The van der Waals surface area contributed by atoms with Crippen molar-refractivity contribution in [3.8, 4) is 11.8 Å². The molecule has 0 saturated carbocycles. The van der Waals surface area contributed by atoms with E-state index in [1.165, 1.54) is 12.1 Å². The number of carbonyl (C=O) groups is 1. The van der Waals surface area contributed by atoms with Crippen LogP contribution in [0.5, 0.6) is 5.75 Å². The molecule has 2 aromatic carbocycles. The van der Waals surface area contributed by atoms with Gasteiger partial charge in [-0.25, -0.2) is 4.39 Å². The second kappa shape index (κ2) is 8.50. The van der Waals surface area contributed by atoms with E-state index in [0.717, 1.165) is 11.6 Å². The Morgan fingerprint density at radius 1 is 1.38 bits per heavy atom. The van der Waals surface area contributed by atoms with E-state index in [9.17, 15) is 14.4 Å². The smallest absolute Gasteiger partial charge is 0.262 e. The van der Waals surface area contributed by atoms with Crippen LogP contribution in [0.1, 0.15) is 29.7 Å². The minimum Gasteiger partial charge on any atom is -0.497 e. The van der Waals surface area contributed by atoms with Gasteiger partial charge in [0.1, 0.15) is 23.2 Å². The fraction of sp³-hybridized carbons (Fsp3) is 0.200. The molecule has 0 aliphatic heterocycles. The third kappa shape index (κ3) is 4.41. The second-order valence-corrected chi connectivity index (χ2v) is 6.14. The van der Waals surface area contributed by atoms with Gasteiger partial charge in [-0.2, -0.15) is 5.26 Å². The SMILES string of the molecule is COc1cccc([C@H](C)NC(=O)/C(C#N)=C/c2c(Cl)ccc(C)c2F)c1.